The largest absolute Gasteiger partial charge is 0.489 e. The number of rotatable bonds is 34. The molecule has 0 saturated heterocycles. The van der Waals surface area contributed by atoms with E-state index in [1.54, 1.807) is 6.92 Å². The first kappa shape index (κ1) is 60.3. The number of primary amides is 1. The topological polar surface area (TPSA) is 95.7 Å². The van der Waals surface area contributed by atoms with E-state index in [0.29, 0.717) is 24.0 Å². The Kier molecular flexibility index (Phi) is 31.9. The van der Waals surface area contributed by atoms with E-state index in [9.17, 15) is 14.4 Å². The molecule has 1 aliphatic carbocycles. The third-order valence-electron chi connectivity index (χ3n) is 12.8. The number of Topliss-reactive ketones (excluding diaryl/α,β-unsaturated/α-hetero) is 2. The summed E-state index contributed by atoms with van der Waals surface area (Å²) in [6.45, 7) is 23.9. The van der Waals surface area contributed by atoms with E-state index in [1.165, 1.54) is 70.0 Å². The molecular weight excluding hydrogens is 827 g/mol. The number of amides is 1. The van der Waals surface area contributed by atoms with E-state index in [1.807, 2.05) is 0 Å². The fraction of sp³-hybridized carbons (Fsp3) is 0.557. The average Bonchev–Trinajstić information content (AvgIpc) is 3.26. The molecule has 0 unspecified atom stereocenters. The second kappa shape index (κ2) is 35.4. The van der Waals surface area contributed by atoms with Crippen molar-refractivity contribution in [1.29, 1.82) is 0 Å². The monoisotopic (exact) mass is 920 g/mol. The molecule has 0 aromatic rings. The van der Waals surface area contributed by atoms with Crippen LogP contribution < -0.4 is 5.73 Å². The fourth-order valence-corrected chi connectivity index (χ4v) is 7.97. The van der Waals surface area contributed by atoms with E-state index in [2.05, 4.69) is 130 Å². The molecule has 0 saturated carbocycles. The first-order chi connectivity index (χ1) is 31.9. The van der Waals surface area contributed by atoms with Crippen LogP contribution in [0.25, 0.3) is 0 Å². The van der Waals surface area contributed by atoms with Gasteiger partial charge in [-0.3, -0.25) is 14.4 Å². The number of allylic oxidation sites excluding steroid dienone is 22. The Morgan fingerprint density at radius 3 is 0.836 bits per heavy atom. The lowest BCUT2D eigenvalue weighted by Crippen LogP contribution is -2.24. The number of methoxy groups -OCH3 is 2. The van der Waals surface area contributed by atoms with E-state index in [4.69, 9.17) is 15.2 Å². The van der Waals surface area contributed by atoms with E-state index < -0.39 is 0 Å². The summed E-state index contributed by atoms with van der Waals surface area (Å²) in [5, 5.41) is 0. The molecule has 67 heavy (non-hydrogen) atoms. The van der Waals surface area contributed by atoms with Crippen molar-refractivity contribution in [3.8, 4) is 0 Å². The van der Waals surface area contributed by atoms with Gasteiger partial charge in [-0.2, -0.15) is 0 Å². The van der Waals surface area contributed by atoms with Crippen LogP contribution in [0.15, 0.2) is 139 Å². The fourth-order valence-electron chi connectivity index (χ4n) is 7.97. The smallest absolute Gasteiger partial charge is 0.228 e. The van der Waals surface area contributed by atoms with Gasteiger partial charge in [-0.15, -0.1) is 0 Å². The molecule has 0 spiro atoms. The van der Waals surface area contributed by atoms with Gasteiger partial charge in [0.15, 0.2) is 0 Å². The van der Waals surface area contributed by atoms with Crippen molar-refractivity contribution in [3.63, 3.8) is 0 Å². The molecule has 0 radical (unpaired) electrons. The third-order valence-corrected chi connectivity index (χ3v) is 12.8. The van der Waals surface area contributed by atoms with Crippen molar-refractivity contribution in [3.05, 3.63) is 139 Å². The Balaban J connectivity index is 2.30. The van der Waals surface area contributed by atoms with Gasteiger partial charge < -0.3 is 15.2 Å². The van der Waals surface area contributed by atoms with E-state index >= 15 is 0 Å². The highest BCUT2D eigenvalue weighted by Crippen LogP contribution is 2.28. The molecule has 1 rings (SSSR count). The van der Waals surface area contributed by atoms with Gasteiger partial charge >= 0.3 is 0 Å². The van der Waals surface area contributed by atoms with Crippen LogP contribution in [0.4, 0.5) is 0 Å². The Morgan fingerprint density at radius 2 is 0.597 bits per heavy atom. The average molecular weight is 920 g/mol. The van der Waals surface area contributed by atoms with Crippen LogP contribution in [0, 0.1) is 0 Å². The first-order valence-corrected chi connectivity index (χ1v) is 25.3. The van der Waals surface area contributed by atoms with Gasteiger partial charge in [-0.05, 0) is 205 Å². The molecule has 6 heteroatoms. The third kappa shape index (κ3) is 28.3. The lowest BCUT2D eigenvalue weighted by atomic mass is 9.90. The van der Waals surface area contributed by atoms with Gasteiger partial charge in [-0.1, -0.05) is 116 Å². The minimum Gasteiger partial charge on any atom is -0.489 e. The molecule has 2 N–H and O–H groups in total. The molecule has 1 aliphatic rings. The van der Waals surface area contributed by atoms with Crippen LogP contribution >= 0.6 is 0 Å². The molecule has 0 atom stereocenters. The van der Waals surface area contributed by atoms with Crippen molar-refractivity contribution in [2.75, 3.05) is 14.2 Å². The maximum absolute atomic E-state index is 12.9. The zero-order valence-electron chi connectivity index (χ0n) is 44.7. The van der Waals surface area contributed by atoms with Gasteiger partial charge in [0.1, 0.15) is 0 Å². The summed E-state index contributed by atoms with van der Waals surface area (Å²) in [4.78, 5) is 36.5. The molecule has 0 fully saturated rings. The Hall–Kier alpha value is -4.71. The van der Waals surface area contributed by atoms with Gasteiger partial charge in [0.05, 0.1) is 14.2 Å². The van der Waals surface area contributed by atoms with Crippen molar-refractivity contribution >= 4 is 17.5 Å². The number of ketones is 2. The van der Waals surface area contributed by atoms with Crippen LogP contribution in [0.3, 0.4) is 0 Å². The van der Waals surface area contributed by atoms with Crippen LogP contribution in [-0.4, -0.2) is 31.7 Å². The molecule has 0 bridgehead atoms. The highest BCUT2D eigenvalue weighted by molar-refractivity contribution is 6.23. The Morgan fingerprint density at radius 1 is 0.373 bits per heavy atom. The number of hydrogen-bond acceptors (Lipinski definition) is 5. The molecule has 0 aliphatic heterocycles. The molecule has 372 valence electrons. The van der Waals surface area contributed by atoms with Gasteiger partial charge in [-0.25, -0.2) is 0 Å². The summed E-state index contributed by atoms with van der Waals surface area (Å²) in [6, 6.07) is 0. The summed E-state index contributed by atoms with van der Waals surface area (Å²) >= 11 is 0. The molecule has 0 aromatic heterocycles. The number of carbonyl (C=O) groups is 3. The summed E-state index contributed by atoms with van der Waals surface area (Å²) in [5.41, 5.74) is 20.4. The second-order valence-electron chi connectivity index (χ2n) is 19.4. The molecule has 1 amide bonds. The van der Waals surface area contributed by atoms with Crippen molar-refractivity contribution in [2.24, 2.45) is 5.73 Å². The van der Waals surface area contributed by atoms with Crippen LogP contribution in [-0.2, 0) is 23.9 Å². The first-order valence-electron chi connectivity index (χ1n) is 25.3. The van der Waals surface area contributed by atoms with Gasteiger partial charge in [0.2, 0.25) is 29.0 Å². The molecule has 6 nitrogen and oxygen atoms in total. The molecule has 0 aromatic carbocycles. The normalized spacial score (nSPS) is 16.0. The zero-order chi connectivity index (χ0) is 50.1. The van der Waals surface area contributed by atoms with Crippen LogP contribution in [0.5, 0.6) is 0 Å². The highest BCUT2D eigenvalue weighted by Gasteiger charge is 2.34. The summed E-state index contributed by atoms with van der Waals surface area (Å²) in [5.74, 6) is -0.812. The zero-order valence-corrected chi connectivity index (χ0v) is 44.7. The SMILES string of the molecule is COC1=C(OC)C(=O)C(CC=C(C)CCC=C(C)CCC=C(C)CCC=C(C)CCC=C(C)CCC=C(C)CCC=C(C)CCC=C(C)CCC=C(C)CCC=C(C)CCC(N)=O)=C(C)C1=O. The van der Waals surface area contributed by atoms with Crippen LogP contribution in [0.2, 0.25) is 0 Å². The minimum atomic E-state index is -0.287. The van der Waals surface area contributed by atoms with Crippen LogP contribution in [0.1, 0.15) is 211 Å². The summed E-state index contributed by atoms with van der Waals surface area (Å²) in [7, 11) is 2.77. The maximum Gasteiger partial charge on any atom is 0.228 e. The molecule has 0 heterocycles. The minimum absolute atomic E-state index is 0.00994. The van der Waals surface area contributed by atoms with Crippen molar-refractivity contribution in [1.82, 2.24) is 0 Å². The lowest BCUT2D eigenvalue weighted by molar-refractivity contribution is -0.121. The highest BCUT2D eigenvalue weighted by atomic mass is 16.5. The van der Waals surface area contributed by atoms with Gasteiger partial charge in [0, 0.05) is 17.6 Å². The standard InChI is InChI=1S/C61H93NO5/c1-45(23-14-24-46(2)26-16-28-48(4)30-18-32-50(6)34-20-36-52(8)38-22-40-54(10)42-44-57(62)63)25-15-27-47(3)29-17-31-49(5)33-19-35-51(7)37-21-39-53(9)41-43-56-55(11)58(64)60(66-12)61(67-13)59(56)65/h24-25,28-29,32-33,36-37,40-41H,14-23,26-27,30-31,34-35,38-39,42-44H2,1-13H3,(H2,62,63). The second-order valence-corrected chi connectivity index (χ2v) is 19.4. The summed E-state index contributed by atoms with van der Waals surface area (Å²) < 4.78 is 10.3. The lowest BCUT2D eigenvalue weighted by Gasteiger charge is -2.19. The van der Waals surface area contributed by atoms with E-state index in [-0.39, 0.29) is 29.0 Å². The number of carbonyl (C=O) groups excluding carboxylic acids is 3. The predicted molar refractivity (Wildman–Crippen MR) is 287 cm³/mol. The summed E-state index contributed by atoms with van der Waals surface area (Å²) in [6.07, 6.45) is 44.7. The predicted octanol–water partition coefficient (Wildman–Crippen LogP) is 17.1. The number of hydrogen-bond donors (Lipinski definition) is 1. The van der Waals surface area contributed by atoms with Gasteiger partial charge in [0.25, 0.3) is 0 Å². The van der Waals surface area contributed by atoms with Crippen molar-refractivity contribution in [2.45, 2.75) is 211 Å². The maximum atomic E-state index is 12.9. The molecular formula is C61H93NO5. The van der Waals surface area contributed by atoms with Crippen molar-refractivity contribution < 1.29 is 23.9 Å². The van der Waals surface area contributed by atoms with E-state index in [0.717, 1.165) is 122 Å². The number of nitrogens with two attached hydrogens (primary N) is 1. The quantitative estimate of drug-likeness (QED) is 0.0512. The Bertz CT molecular complexity index is 1990. The Labute approximate surface area is 409 Å². The number of ether oxygens (including phenoxy) is 2.